The van der Waals surface area contributed by atoms with Gasteiger partial charge in [-0.2, -0.15) is 0 Å². The number of aromatic nitrogens is 1. The van der Waals surface area contributed by atoms with E-state index in [0.29, 0.717) is 40.7 Å². The van der Waals surface area contributed by atoms with Crippen LogP contribution < -0.4 is 14.8 Å². The number of esters is 1. The first-order chi connectivity index (χ1) is 14.0. The number of methoxy groups -OCH3 is 3. The molecule has 1 aliphatic heterocycles. The van der Waals surface area contributed by atoms with Crippen LogP contribution in [0.2, 0.25) is 0 Å². The number of hydrogen-bond acceptors (Lipinski definition) is 6. The van der Waals surface area contributed by atoms with Crippen LogP contribution in [0.15, 0.2) is 12.1 Å². The molecule has 8 nitrogen and oxygen atoms in total. The Labute approximate surface area is 170 Å². The maximum absolute atomic E-state index is 12.8. The molecule has 1 aliphatic rings. The molecule has 1 aromatic carbocycles. The highest BCUT2D eigenvalue weighted by molar-refractivity contribution is 6.11. The van der Waals surface area contributed by atoms with E-state index < -0.39 is 5.97 Å². The summed E-state index contributed by atoms with van der Waals surface area (Å²) in [6.07, 6.45) is 4.43. The van der Waals surface area contributed by atoms with Crippen LogP contribution in [0.3, 0.4) is 0 Å². The Morgan fingerprint density at radius 2 is 1.90 bits per heavy atom. The molecule has 0 bridgehead atoms. The van der Waals surface area contributed by atoms with E-state index in [0.717, 1.165) is 25.8 Å². The lowest BCUT2D eigenvalue weighted by molar-refractivity contribution is -0.118. The number of nitrogens with zero attached hydrogens (tertiary/aromatic N) is 1. The molecule has 0 saturated carbocycles. The van der Waals surface area contributed by atoms with E-state index in [9.17, 15) is 9.59 Å². The summed E-state index contributed by atoms with van der Waals surface area (Å²) in [5.74, 6) is 0.313. The Hall–Kier alpha value is -2.74. The molecule has 1 aromatic heterocycles. The highest BCUT2D eigenvalue weighted by Gasteiger charge is 2.26. The van der Waals surface area contributed by atoms with E-state index in [1.54, 1.807) is 19.2 Å². The first kappa shape index (κ1) is 21.0. The number of nitrogens with one attached hydrogen (secondary N) is 2. The topological polar surface area (TPSA) is 92.9 Å². The van der Waals surface area contributed by atoms with Crippen molar-refractivity contribution in [1.82, 2.24) is 9.88 Å². The summed E-state index contributed by atoms with van der Waals surface area (Å²) < 4.78 is 15.6. The quantitative estimate of drug-likeness (QED) is 0.690. The van der Waals surface area contributed by atoms with Crippen molar-refractivity contribution in [1.29, 1.82) is 0 Å². The number of amides is 1. The maximum atomic E-state index is 12.8. The largest absolute Gasteiger partial charge is 0.493 e. The Morgan fingerprint density at radius 1 is 1.17 bits per heavy atom. The third-order valence-corrected chi connectivity index (χ3v) is 5.52. The van der Waals surface area contributed by atoms with Gasteiger partial charge in [0, 0.05) is 17.5 Å². The van der Waals surface area contributed by atoms with Gasteiger partial charge in [-0.15, -0.1) is 0 Å². The Morgan fingerprint density at radius 3 is 2.55 bits per heavy atom. The van der Waals surface area contributed by atoms with Crippen molar-refractivity contribution in [2.24, 2.45) is 0 Å². The number of hydrogen-bond donors (Lipinski definition) is 2. The summed E-state index contributed by atoms with van der Waals surface area (Å²) in [7, 11) is 4.39. The van der Waals surface area contributed by atoms with Crippen LogP contribution in [0.4, 0.5) is 5.69 Å². The molecule has 2 aromatic rings. The van der Waals surface area contributed by atoms with Gasteiger partial charge in [0.15, 0.2) is 11.5 Å². The molecule has 0 aliphatic carbocycles. The highest BCUT2D eigenvalue weighted by Crippen LogP contribution is 2.37. The minimum Gasteiger partial charge on any atom is -0.493 e. The smallest absolute Gasteiger partial charge is 0.356 e. The molecular formula is C21H29N3O5. The van der Waals surface area contributed by atoms with Crippen molar-refractivity contribution in [2.45, 2.75) is 38.6 Å². The average Bonchev–Trinajstić information content (AvgIpc) is 3.09. The fourth-order valence-corrected chi connectivity index (χ4v) is 4.00. The number of H-pyrrole nitrogens is 1. The molecule has 29 heavy (non-hydrogen) atoms. The number of fused-ring (bicyclic) bond motifs is 1. The number of ether oxygens (including phenoxy) is 3. The summed E-state index contributed by atoms with van der Waals surface area (Å²) in [5, 5.41) is 3.58. The van der Waals surface area contributed by atoms with Gasteiger partial charge in [0.2, 0.25) is 5.91 Å². The highest BCUT2D eigenvalue weighted by atomic mass is 16.5. The molecular weight excluding hydrogens is 374 g/mol. The van der Waals surface area contributed by atoms with Crippen molar-refractivity contribution in [3.63, 3.8) is 0 Å². The van der Waals surface area contributed by atoms with E-state index >= 15 is 0 Å². The molecule has 1 atom stereocenters. The Bertz CT molecular complexity index is 892. The summed E-state index contributed by atoms with van der Waals surface area (Å²) in [5.41, 5.74) is 1.22. The number of benzene rings is 1. The number of carbonyl (C=O) groups excluding carboxylic acids is 2. The Kier molecular flexibility index (Phi) is 6.64. The van der Waals surface area contributed by atoms with E-state index in [4.69, 9.17) is 14.2 Å². The molecule has 2 N–H and O–H groups in total. The van der Waals surface area contributed by atoms with Gasteiger partial charge in [0.1, 0.15) is 5.69 Å². The second kappa shape index (κ2) is 9.17. The summed E-state index contributed by atoms with van der Waals surface area (Å²) in [6, 6.07) is 3.89. The number of rotatable bonds is 7. The van der Waals surface area contributed by atoms with Crippen LogP contribution in [0, 0.1) is 0 Å². The molecule has 0 radical (unpaired) electrons. The van der Waals surface area contributed by atoms with E-state index in [-0.39, 0.29) is 11.6 Å². The maximum Gasteiger partial charge on any atom is 0.356 e. The second-order valence-electron chi connectivity index (χ2n) is 7.20. The predicted molar refractivity (Wildman–Crippen MR) is 111 cm³/mol. The molecule has 1 fully saturated rings. The number of likely N-dealkylation sites (tertiary alicyclic amines) is 1. The first-order valence-electron chi connectivity index (χ1n) is 9.92. The van der Waals surface area contributed by atoms with Gasteiger partial charge in [0.25, 0.3) is 0 Å². The molecule has 8 heteroatoms. The number of carbonyl (C=O) groups is 2. The SMILES string of the molecule is CC[C@H]1CCCCN1CC(=O)Nc1c(C(=O)OC)[nH]c2cc(OC)c(OC)cc12. The van der Waals surface area contributed by atoms with Crippen LogP contribution in [-0.2, 0) is 9.53 Å². The number of aromatic amines is 1. The van der Waals surface area contributed by atoms with Crippen LogP contribution in [0.5, 0.6) is 11.5 Å². The van der Waals surface area contributed by atoms with Crippen LogP contribution in [-0.4, -0.2) is 62.2 Å². The van der Waals surface area contributed by atoms with Crippen molar-refractivity contribution in [2.75, 3.05) is 39.7 Å². The van der Waals surface area contributed by atoms with Crippen LogP contribution >= 0.6 is 0 Å². The van der Waals surface area contributed by atoms with Crippen molar-refractivity contribution in [3.8, 4) is 11.5 Å². The fraction of sp³-hybridized carbons (Fsp3) is 0.524. The first-order valence-corrected chi connectivity index (χ1v) is 9.92. The number of piperidine rings is 1. The fourth-order valence-electron chi connectivity index (χ4n) is 4.00. The van der Waals surface area contributed by atoms with Gasteiger partial charge in [-0.1, -0.05) is 13.3 Å². The molecule has 0 spiro atoms. The molecule has 3 rings (SSSR count). The average molecular weight is 403 g/mol. The van der Waals surface area contributed by atoms with Gasteiger partial charge in [-0.3, -0.25) is 9.69 Å². The zero-order valence-electron chi connectivity index (χ0n) is 17.5. The number of anilines is 1. The monoisotopic (exact) mass is 403 g/mol. The second-order valence-corrected chi connectivity index (χ2v) is 7.20. The normalized spacial score (nSPS) is 17.2. The predicted octanol–water partition coefficient (Wildman–Crippen LogP) is 3.17. The zero-order valence-corrected chi connectivity index (χ0v) is 17.5. The third kappa shape index (κ3) is 4.32. The van der Waals surface area contributed by atoms with Crippen molar-refractivity contribution >= 4 is 28.5 Å². The molecule has 158 valence electrons. The van der Waals surface area contributed by atoms with Crippen LogP contribution in [0.1, 0.15) is 43.1 Å². The van der Waals surface area contributed by atoms with E-state index in [1.165, 1.54) is 20.6 Å². The lowest BCUT2D eigenvalue weighted by atomic mass is 10.00. The lowest BCUT2D eigenvalue weighted by Crippen LogP contribution is -2.43. The van der Waals surface area contributed by atoms with Gasteiger partial charge in [-0.05, 0) is 31.9 Å². The van der Waals surface area contributed by atoms with Crippen molar-refractivity contribution < 1.29 is 23.8 Å². The van der Waals surface area contributed by atoms with Crippen LogP contribution in [0.25, 0.3) is 10.9 Å². The zero-order chi connectivity index (χ0) is 21.0. The van der Waals surface area contributed by atoms with Gasteiger partial charge in [-0.25, -0.2) is 4.79 Å². The van der Waals surface area contributed by atoms with Gasteiger partial charge in [0.05, 0.1) is 39.1 Å². The van der Waals surface area contributed by atoms with E-state index in [1.807, 2.05) is 0 Å². The molecule has 1 amide bonds. The standard InChI is InChI=1S/C21H29N3O5/c1-5-13-8-6-7-9-24(13)12-18(25)23-19-14-10-16(27-2)17(28-3)11-15(14)22-20(19)21(26)29-4/h10-11,13,22H,5-9,12H2,1-4H3,(H,23,25)/t13-/m0/s1. The third-order valence-electron chi connectivity index (χ3n) is 5.52. The minimum absolute atomic E-state index is 0.161. The molecule has 0 unspecified atom stereocenters. The van der Waals surface area contributed by atoms with Crippen molar-refractivity contribution in [3.05, 3.63) is 17.8 Å². The van der Waals surface area contributed by atoms with E-state index in [2.05, 4.69) is 22.1 Å². The molecule has 2 heterocycles. The molecule has 1 saturated heterocycles. The summed E-state index contributed by atoms with van der Waals surface area (Å²) in [4.78, 5) is 30.4. The summed E-state index contributed by atoms with van der Waals surface area (Å²) in [6.45, 7) is 3.35. The van der Waals surface area contributed by atoms with Gasteiger partial charge < -0.3 is 24.5 Å². The minimum atomic E-state index is -0.557. The van der Waals surface area contributed by atoms with Gasteiger partial charge >= 0.3 is 5.97 Å². The summed E-state index contributed by atoms with van der Waals surface area (Å²) >= 11 is 0. The lowest BCUT2D eigenvalue weighted by Gasteiger charge is -2.34. The Balaban J connectivity index is 1.93.